The average Bonchev–Trinajstić information content (AvgIpc) is 3.21. The van der Waals surface area contributed by atoms with Crippen LogP contribution in [0.2, 0.25) is 0 Å². The van der Waals surface area contributed by atoms with Crippen LogP contribution < -0.4 is 4.74 Å². The van der Waals surface area contributed by atoms with E-state index < -0.39 is 0 Å². The Morgan fingerprint density at radius 2 is 0.929 bits per heavy atom. The van der Waals surface area contributed by atoms with E-state index in [4.69, 9.17) is 4.74 Å². The first-order valence-corrected chi connectivity index (χ1v) is 22.8. The number of rotatable bonds is 15. The van der Waals surface area contributed by atoms with E-state index in [2.05, 4.69) is 119 Å². The minimum Gasteiger partial charge on any atom is -0.508 e. The van der Waals surface area contributed by atoms with Crippen LogP contribution in [-0.4, -0.2) is 85.8 Å². The topological polar surface area (TPSA) is 39.2 Å². The number of ether oxygens (including phenoxy) is 1. The number of aryl methyl sites for hydroxylation is 6. The Morgan fingerprint density at radius 3 is 1.38 bits per heavy atom. The number of benzene rings is 3. The molecule has 5 rings (SSSR count). The maximum Gasteiger partial charge on any atom is 0.122 e. The van der Waals surface area contributed by atoms with Crippen LogP contribution in [0, 0.1) is 20.8 Å². The molecule has 5 nitrogen and oxygen atoms in total. The maximum atomic E-state index is 9.33. The lowest BCUT2D eigenvalue weighted by atomic mass is 10.1. The van der Waals surface area contributed by atoms with Crippen molar-refractivity contribution < 1.29 is 9.84 Å². The van der Waals surface area contributed by atoms with Crippen molar-refractivity contribution in [3.63, 3.8) is 0 Å². The molecule has 0 bridgehead atoms. The van der Waals surface area contributed by atoms with Crippen molar-refractivity contribution in [2.45, 2.75) is 152 Å². The summed E-state index contributed by atoms with van der Waals surface area (Å²) in [5, 5.41) is 9.33. The zero-order valence-corrected chi connectivity index (χ0v) is 38.2. The molecule has 3 aromatic rings. The number of phenolic OH excluding ortho intramolecular Hbond substituents is 1. The monoisotopic (exact) mass is 774 g/mol. The molecule has 2 aliphatic heterocycles. The molecule has 0 saturated carbocycles. The molecule has 3 aromatic carbocycles. The van der Waals surface area contributed by atoms with E-state index in [1.807, 2.05) is 19.1 Å². The second kappa shape index (κ2) is 33.1. The second-order valence-electron chi connectivity index (χ2n) is 16.0. The molecule has 0 unspecified atom stereocenters. The normalized spacial score (nSPS) is 14.5. The third kappa shape index (κ3) is 24.0. The number of piperazine rings is 1. The highest BCUT2D eigenvalue weighted by molar-refractivity contribution is 5.36. The predicted molar refractivity (Wildman–Crippen MR) is 247 cm³/mol. The van der Waals surface area contributed by atoms with Gasteiger partial charge in [-0.05, 0) is 145 Å². The molecule has 2 fully saturated rings. The SMILES string of the molecule is CCCCN1CCN(CCCC)CC1.CCCN1CCCCC1.CCCc1ccc(C)c(O)c1.CCCc1ccc(C)c(OC)c1.CCCc1ccc(C)cc1. The number of likely N-dealkylation sites (tertiary alicyclic amines) is 1. The van der Waals surface area contributed by atoms with Crippen molar-refractivity contribution >= 4 is 0 Å². The van der Waals surface area contributed by atoms with Crippen LogP contribution in [0.5, 0.6) is 11.5 Å². The molecule has 0 spiro atoms. The fourth-order valence-corrected chi connectivity index (χ4v) is 6.95. The Morgan fingerprint density at radius 1 is 0.482 bits per heavy atom. The third-order valence-electron chi connectivity index (χ3n) is 10.6. The Bertz CT molecular complexity index is 1330. The van der Waals surface area contributed by atoms with Gasteiger partial charge in [0.05, 0.1) is 7.11 Å². The fourth-order valence-electron chi connectivity index (χ4n) is 6.95. The summed E-state index contributed by atoms with van der Waals surface area (Å²) >= 11 is 0. The summed E-state index contributed by atoms with van der Waals surface area (Å²) in [5.41, 5.74) is 7.53. The van der Waals surface area contributed by atoms with E-state index in [9.17, 15) is 5.11 Å². The highest BCUT2D eigenvalue weighted by atomic mass is 16.5. The number of unbranched alkanes of at least 4 members (excludes halogenated alkanes) is 2. The molecule has 0 amide bonds. The first kappa shape index (κ1) is 51.2. The number of hydrogen-bond acceptors (Lipinski definition) is 5. The maximum absolute atomic E-state index is 9.33. The Labute approximate surface area is 347 Å². The van der Waals surface area contributed by atoms with E-state index in [0.717, 1.165) is 30.6 Å². The summed E-state index contributed by atoms with van der Waals surface area (Å²) < 4.78 is 5.23. The van der Waals surface area contributed by atoms with Gasteiger partial charge in [0.1, 0.15) is 11.5 Å². The molecular formula is C51H87N3O2. The molecule has 2 aliphatic rings. The van der Waals surface area contributed by atoms with Crippen molar-refractivity contribution in [3.8, 4) is 11.5 Å². The number of aromatic hydroxyl groups is 1. The van der Waals surface area contributed by atoms with Gasteiger partial charge < -0.3 is 24.5 Å². The lowest BCUT2D eigenvalue weighted by Crippen LogP contribution is -2.46. The smallest absolute Gasteiger partial charge is 0.122 e. The van der Waals surface area contributed by atoms with Crippen LogP contribution in [0.3, 0.4) is 0 Å². The van der Waals surface area contributed by atoms with Crippen molar-refractivity contribution in [3.05, 3.63) is 94.0 Å². The standard InChI is InChI=1S/C12H26N2.C11H16O.C10H14O.C10H14.C8H17N/c1-3-5-7-13-9-11-14(12-10-13)8-6-4-2;1-4-5-10-7-6-9(2)11(8-10)12-3;1-3-4-9-6-5-8(2)10(11)7-9;1-3-4-10-7-5-9(2)6-8-10;1-2-6-9-7-4-3-5-8-9/h3-12H2,1-2H3;6-8H,4-5H2,1-3H3;5-7,11H,3-4H2,1-2H3;5-8H,3-4H2,1-2H3;2-8H2,1H3. The summed E-state index contributed by atoms with van der Waals surface area (Å²) in [7, 11) is 1.72. The molecule has 5 heteroatoms. The Balaban J connectivity index is 0.000000353. The highest BCUT2D eigenvalue weighted by Gasteiger charge is 2.15. The van der Waals surface area contributed by atoms with Crippen molar-refractivity contribution in [1.29, 1.82) is 0 Å². The zero-order valence-electron chi connectivity index (χ0n) is 38.2. The van der Waals surface area contributed by atoms with Gasteiger partial charge in [0.25, 0.3) is 0 Å². The molecular weight excluding hydrogens is 687 g/mol. The molecule has 0 aromatic heterocycles. The number of nitrogens with zero attached hydrogens (tertiary/aromatic N) is 3. The molecule has 2 heterocycles. The van der Waals surface area contributed by atoms with Crippen molar-refractivity contribution in [2.24, 2.45) is 0 Å². The molecule has 0 atom stereocenters. The van der Waals surface area contributed by atoms with E-state index >= 15 is 0 Å². The quantitative estimate of drug-likeness (QED) is 0.167. The summed E-state index contributed by atoms with van der Waals surface area (Å²) in [6, 6.07) is 21.0. The first-order chi connectivity index (χ1) is 27.1. The summed E-state index contributed by atoms with van der Waals surface area (Å²) in [4.78, 5) is 7.81. The van der Waals surface area contributed by atoms with Gasteiger partial charge in [0, 0.05) is 26.2 Å². The van der Waals surface area contributed by atoms with Crippen molar-refractivity contribution in [2.75, 3.05) is 66.0 Å². The minimum absolute atomic E-state index is 0.413. The highest BCUT2D eigenvalue weighted by Crippen LogP contribution is 2.20. The molecule has 56 heavy (non-hydrogen) atoms. The van der Waals surface area contributed by atoms with Gasteiger partial charge >= 0.3 is 0 Å². The Kier molecular flexibility index (Phi) is 30.3. The van der Waals surface area contributed by atoms with Crippen LogP contribution in [0.4, 0.5) is 0 Å². The van der Waals surface area contributed by atoms with Crippen LogP contribution in [0.25, 0.3) is 0 Å². The van der Waals surface area contributed by atoms with E-state index in [-0.39, 0.29) is 0 Å². The summed E-state index contributed by atoms with van der Waals surface area (Å²) in [6.45, 7) is 31.3. The second-order valence-corrected chi connectivity index (χ2v) is 16.0. The van der Waals surface area contributed by atoms with E-state index in [0.29, 0.717) is 5.75 Å². The number of phenols is 1. The molecule has 1 N–H and O–H groups in total. The number of methoxy groups -OCH3 is 1. The van der Waals surface area contributed by atoms with Crippen molar-refractivity contribution in [1.82, 2.24) is 14.7 Å². The van der Waals surface area contributed by atoms with Crippen LogP contribution >= 0.6 is 0 Å². The van der Waals surface area contributed by atoms with E-state index in [1.165, 1.54) is 157 Å². The summed E-state index contributed by atoms with van der Waals surface area (Å²) in [5.74, 6) is 1.41. The van der Waals surface area contributed by atoms with Crippen LogP contribution in [0.1, 0.15) is 146 Å². The van der Waals surface area contributed by atoms with Gasteiger partial charge in [-0.1, -0.05) is 134 Å². The van der Waals surface area contributed by atoms with Crippen LogP contribution in [-0.2, 0) is 19.3 Å². The molecule has 2 saturated heterocycles. The predicted octanol–water partition coefficient (Wildman–Crippen LogP) is 12.6. The largest absolute Gasteiger partial charge is 0.508 e. The average molecular weight is 774 g/mol. The van der Waals surface area contributed by atoms with Crippen LogP contribution in [0.15, 0.2) is 60.7 Å². The molecule has 0 radical (unpaired) electrons. The third-order valence-corrected chi connectivity index (χ3v) is 10.6. The van der Waals surface area contributed by atoms with Gasteiger partial charge in [0.2, 0.25) is 0 Å². The van der Waals surface area contributed by atoms with Gasteiger partial charge in [-0.25, -0.2) is 0 Å². The Hall–Kier alpha value is -2.86. The molecule has 318 valence electrons. The van der Waals surface area contributed by atoms with E-state index in [1.54, 1.807) is 7.11 Å². The first-order valence-electron chi connectivity index (χ1n) is 22.8. The molecule has 0 aliphatic carbocycles. The fraction of sp³-hybridized carbons (Fsp3) is 0.647. The minimum atomic E-state index is 0.413. The van der Waals surface area contributed by atoms with Gasteiger partial charge in [-0.2, -0.15) is 0 Å². The lowest BCUT2D eigenvalue weighted by Gasteiger charge is -2.34. The lowest BCUT2D eigenvalue weighted by molar-refractivity contribution is 0.130. The van der Waals surface area contributed by atoms with Gasteiger partial charge in [-0.3, -0.25) is 0 Å². The number of piperidine rings is 1. The van der Waals surface area contributed by atoms with Gasteiger partial charge in [-0.15, -0.1) is 0 Å². The number of hydrogen-bond donors (Lipinski definition) is 1. The summed E-state index contributed by atoms with van der Waals surface area (Å²) in [6.07, 6.45) is 18.0. The van der Waals surface area contributed by atoms with Gasteiger partial charge in [0.15, 0.2) is 0 Å². The zero-order chi connectivity index (χ0) is 41.4.